The van der Waals surface area contributed by atoms with Crippen molar-refractivity contribution in [3.8, 4) is 0 Å². The standard InChI is InChI=1S/C12H10N4O6/c1-15-5-9(11(18)14-15)13-10(17)6-2-7(12(19)20)4-8(3-6)16(21)22/h2-5H,1H3,(H,13,17)(H,14,18)(H,19,20). The second-order valence-electron chi connectivity index (χ2n) is 4.38. The first-order chi connectivity index (χ1) is 10.3. The second-order valence-corrected chi connectivity index (χ2v) is 4.38. The van der Waals surface area contributed by atoms with Crippen LogP contribution < -0.4 is 10.9 Å². The highest BCUT2D eigenvalue weighted by Gasteiger charge is 2.18. The Hall–Kier alpha value is -3.43. The number of rotatable bonds is 4. The molecule has 0 aliphatic carbocycles. The molecule has 0 bridgehead atoms. The maximum Gasteiger partial charge on any atom is 0.335 e. The number of amides is 1. The highest BCUT2D eigenvalue weighted by Crippen LogP contribution is 2.18. The summed E-state index contributed by atoms with van der Waals surface area (Å²) in [5.41, 5.74) is -1.79. The third-order valence-electron chi connectivity index (χ3n) is 2.73. The van der Waals surface area contributed by atoms with Crippen molar-refractivity contribution in [1.29, 1.82) is 0 Å². The van der Waals surface area contributed by atoms with E-state index in [0.29, 0.717) is 0 Å². The molecule has 2 rings (SSSR count). The van der Waals surface area contributed by atoms with Crippen LogP contribution in [-0.4, -0.2) is 31.7 Å². The van der Waals surface area contributed by atoms with Crippen LogP contribution in [0.15, 0.2) is 29.2 Å². The van der Waals surface area contributed by atoms with Gasteiger partial charge in [-0.15, -0.1) is 0 Å². The number of carboxylic acids is 1. The smallest absolute Gasteiger partial charge is 0.335 e. The van der Waals surface area contributed by atoms with E-state index in [2.05, 4.69) is 10.4 Å². The van der Waals surface area contributed by atoms with Gasteiger partial charge in [-0.25, -0.2) is 4.79 Å². The van der Waals surface area contributed by atoms with E-state index in [0.717, 1.165) is 18.2 Å². The van der Waals surface area contributed by atoms with Gasteiger partial charge in [0.15, 0.2) is 0 Å². The Morgan fingerprint density at radius 2 is 1.95 bits per heavy atom. The van der Waals surface area contributed by atoms with Crippen LogP contribution in [0.25, 0.3) is 0 Å². The number of nitro groups is 1. The van der Waals surface area contributed by atoms with Gasteiger partial charge in [0.25, 0.3) is 17.2 Å². The fraction of sp³-hybridized carbons (Fsp3) is 0.0833. The summed E-state index contributed by atoms with van der Waals surface area (Å²) >= 11 is 0. The van der Waals surface area contributed by atoms with Crippen molar-refractivity contribution in [2.24, 2.45) is 7.05 Å². The number of hydrogen-bond donors (Lipinski definition) is 3. The van der Waals surface area contributed by atoms with E-state index in [1.165, 1.54) is 17.9 Å². The number of aromatic nitrogens is 2. The summed E-state index contributed by atoms with van der Waals surface area (Å²) in [6, 6.07) is 2.76. The van der Waals surface area contributed by atoms with Gasteiger partial charge >= 0.3 is 5.97 Å². The lowest BCUT2D eigenvalue weighted by atomic mass is 10.1. The topological polar surface area (TPSA) is 147 Å². The molecule has 0 unspecified atom stereocenters. The molecule has 0 atom stereocenters. The van der Waals surface area contributed by atoms with Gasteiger partial charge in [-0.2, -0.15) is 0 Å². The monoisotopic (exact) mass is 306 g/mol. The van der Waals surface area contributed by atoms with Crippen LogP contribution in [-0.2, 0) is 7.05 Å². The number of benzene rings is 1. The average molecular weight is 306 g/mol. The molecular weight excluding hydrogens is 296 g/mol. The molecule has 10 heteroatoms. The summed E-state index contributed by atoms with van der Waals surface area (Å²) in [5, 5.41) is 24.3. The van der Waals surface area contributed by atoms with E-state index < -0.39 is 33.6 Å². The van der Waals surface area contributed by atoms with Gasteiger partial charge in [-0.1, -0.05) is 0 Å². The van der Waals surface area contributed by atoms with Crippen molar-refractivity contribution >= 4 is 23.3 Å². The number of H-pyrrole nitrogens is 1. The molecule has 10 nitrogen and oxygen atoms in total. The molecule has 0 radical (unpaired) electrons. The number of nitrogens with one attached hydrogen (secondary N) is 2. The molecule has 0 spiro atoms. The number of aromatic carboxylic acids is 1. The van der Waals surface area contributed by atoms with Crippen LogP contribution in [0.2, 0.25) is 0 Å². The van der Waals surface area contributed by atoms with Crippen LogP contribution in [0.1, 0.15) is 20.7 Å². The first-order valence-electron chi connectivity index (χ1n) is 5.87. The Kier molecular flexibility index (Phi) is 3.75. The molecule has 0 aliphatic rings. The molecule has 3 N–H and O–H groups in total. The maximum atomic E-state index is 12.0. The van der Waals surface area contributed by atoms with Crippen LogP contribution in [0, 0.1) is 10.1 Å². The predicted octanol–water partition coefficient (Wildman–Crippen LogP) is 0.572. The third-order valence-corrected chi connectivity index (χ3v) is 2.73. The zero-order chi connectivity index (χ0) is 16.4. The number of carbonyl (C=O) groups excluding carboxylic acids is 1. The minimum atomic E-state index is -1.41. The van der Waals surface area contributed by atoms with Gasteiger partial charge in [-0.05, 0) is 6.07 Å². The molecule has 0 saturated carbocycles. The lowest BCUT2D eigenvalue weighted by Gasteiger charge is -2.03. The summed E-state index contributed by atoms with van der Waals surface area (Å²) in [6.45, 7) is 0. The molecule has 0 aliphatic heterocycles. The summed E-state index contributed by atoms with van der Waals surface area (Å²) in [7, 11) is 1.53. The van der Waals surface area contributed by atoms with Crippen LogP contribution in [0.5, 0.6) is 0 Å². The minimum absolute atomic E-state index is 0.0594. The maximum absolute atomic E-state index is 12.0. The summed E-state index contributed by atoms with van der Waals surface area (Å²) in [4.78, 5) is 44.4. The van der Waals surface area contributed by atoms with Gasteiger partial charge in [0.1, 0.15) is 5.69 Å². The predicted molar refractivity (Wildman–Crippen MR) is 74.0 cm³/mol. The van der Waals surface area contributed by atoms with Gasteiger partial charge in [0.05, 0.1) is 16.7 Å². The van der Waals surface area contributed by atoms with Gasteiger partial charge in [-0.3, -0.25) is 29.5 Å². The van der Waals surface area contributed by atoms with Crippen molar-refractivity contribution in [3.63, 3.8) is 0 Å². The molecule has 1 aromatic heterocycles. The van der Waals surface area contributed by atoms with Gasteiger partial charge < -0.3 is 10.4 Å². The Labute approximate surface area is 122 Å². The first kappa shape index (κ1) is 15.0. The summed E-state index contributed by atoms with van der Waals surface area (Å²) in [5.74, 6) is -2.24. The summed E-state index contributed by atoms with van der Waals surface area (Å²) < 4.78 is 1.31. The summed E-state index contributed by atoms with van der Waals surface area (Å²) in [6.07, 6.45) is 1.32. The number of carbonyl (C=O) groups is 2. The number of anilines is 1. The number of non-ortho nitro benzene ring substituents is 1. The minimum Gasteiger partial charge on any atom is -0.478 e. The fourth-order valence-corrected chi connectivity index (χ4v) is 1.76. The van der Waals surface area contributed by atoms with Crippen molar-refractivity contribution < 1.29 is 19.6 Å². The zero-order valence-corrected chi connectivity index (χ0v) is 11.2. The molecule has 0 fully saturated rings. The SMILES string of the molecule is Cn1cc(NC(=O)c2cc(C(=O)O)cc([N+](=O)[O-])c2)c(=O)[nH]1. The Morgan fingerprint density at radius 1 is 1.32 bits per heavy atom. The average Bonchev–Trinajstić information content (AvgIpc) is 2.76. The zero-order valence-electron chi connectivity index (χ0n) is 11.2. The first-order valence-corrected chi connectivity index (χ1v) is 5.87. The van der Waals surface area contributed by atoms with E-state index in [1.54, 1.807) is 0 Å². The van der Waals surface area contributed by atoms with Crippen molar-refractivity contribution in [2.75, 3.05) is 5.32 Å². The fourth-order valence-electron chi connectivity index (χ4n) is 1.76. The largest absolute Gasteiger partial charge is 0.478 e. The highest BCUT2D eigenvalue weighted by atomic mass is 16.6. The normalized spacial score (nSPS) is 10.2. The van der Waals surface area contributed by atoms with Gasteiger partial charge in [0, 0.05) is 24.7 Å². The molecule has 114 valence electrons. The molecular formula is C12H10N4O6. The Bertz CT molecular complexity index is 802. The van der Waals surface area contributed by atoms with E-state index >= 15 is 0 Å². The van der Waals surface area contributed by atoms with Crippen LogP contribution in [0.3, 0.4) is 0 Å². The number of nitro benzene ring substituents is 1. The number of aryl methyl sites for hydroxylation is 1. The van der Waals surface area contributed by atoms with E-state index in [4.69, 9.17) is 5.11 Å². The van der Waals surface area contributed by atoms with Crippen molar-refractivity contribution in [2.45, 2.75) is 0 Å². The van der Waals surface area contributed by atoms with E-state index in [9.17, 15) is 24.5 Å². The molecule has 1 heterocycles. The van der Waals surface area contributed by atoms with Gasteiger partial charge in [0.2, 0.25) is 0 Å². The molecule has 22 heavy (non-hydrogen) atoms. The lowest BCUT2D eigenvalue weighted by molar-refractivity contribution is -0.384. The number of hydrogen-bond acceptors (Lipinski definition) is 5. The van der Waals surface area contributed by atoms with Crippen LogP contribution >= 0.6 is 0 Å². The quantitative estimate of drug-likeness (QED) is 0.555. The molecule has 1 amide bonds. The molecule has 2 aromatic rings. The third kappa shape index (κ3) is 3.00. The van der Waals surface area contributed by atoms with Crippen molar-refractivity contribution in [1.82, 2.24) is 9.78 Å². The second kappa shape index (κ2) is 5.52. The molecule has 0 saturated heterocycles. The number of nitrogens with zero attached hydrogens (tertiary/aromatic N) is 2. The Balaban J connectivity index is 2.40. The van der Waals surface area contributed by atoms with Crippen molar-refractivity contribution in [3.05, 3.63) is 56.0 Å². The van der Waals surface area contributed by atoms with E-state index in [1.807, 2.05) is 0 Å². The number of aromatic amines is 1. The van der Waals surface area contributed by atoms with Crippen LogP contribution in [0.4, 0.5) is 11.4 Å². The molecule has 1 aromatic carbocycles. The highest BCUT2D eigenvalue weighted by molar-refractivity contribution is 6.06. The van der Waals surface area contributed by atoms with E-state index in [-0.39, 0.29) is 11.3 Å². The Morgan fingerprint density at radius 3 is 2.45 bits per heavy atom. The number of carboxylic acid groups (broad SMARTS) is 1. The lowest BCUT2D eigenvalue weighted by Crippen LogP contribution is -2.17.